The zero-order chi connectivity index (χ0) is 13.8. The minimum atomic E-state index is -0.0999. The van der Waals surface area contributed by atoms with E-state index in [1.807, 2.05) is 19.1 Å². The van der Waals surface area contributed by atoms with Crippen LogP contribution in [0, 0.1) is 12.8 Å². The SMILES string of the molecule is CCC(N)C(OC1CCC(C)CC1)c1ccc(C)o1. The molecule has 0 radical (unpaired) electrons. The molecule has 1 saturated carbocycles. The number of nitrogens with two attached hydrogens (primary N) is 1. The van der Waals surface area contributed by atoms with Crippen LogP contribution < -0.4 is 5.73 Å². The van der Waals surface area contributed by atoms with Crippen LogP contribution in [0.5, 0.6) is 0 Å². The molecule has 3 heteroatoms. The molecule has 2 rings (SSSR count). The third-order valence-corrected chi connectivity index (χ3v) is 4.20. The predicted molar refractivity (Wildman–Crippen MR) is 77.0 cm³/mol. The standard InChI is InChI=1S/C16H27NO2/c1-4-14(17)16(15-10-7-12(3)18-15)19-13-8-5-11(2)6-9-13/h7,10-11,13-14,16H,4-6,8-9,17H2,1-3H3. The van der Waals surface area contributed by atoms with Crippen LogP contribution in [-0.4, -0.2) is 12.1 Å². The van der Waals surface area contributed by atoms with Crippen LogP contribution in [0.25, 0.3) is 0 Å². The van der Waals surface area contributed by atoms with Crippen molar-refractivity contribution in [1.82, 2.24) is 0 Å². The first-order valence-electron chi connectivity index (χ1n) is 7.57. The van der Waals surface area contributed by atoms with Crippen molar-refractivity contribution in [2.24, 2.45) is 11.7 Å². The first-order valence-corrected chi connectivity index (χ1v) is 7.57. The fourth-order valence-electron chi connectivity index (χ4n) is 2.77. The molecule has 1 aliphatic rings. The summed E-state index contributed by atoms with van der Waals surface area (Å²) in [7, 11) is 0. The molecule has 1 heterocycles. The van der Waals surface area contributed by atoms with E-state index in [4.69, 9.17) is 14.9 Å². The topological polar surface area (TPSA) is 48.4 Å². The maximum absolute atomic E-state index is 6.27. The number of furan rings is 1. The largest absolute Gasteiger partial charge is 0.464 e. The molecule has 19 heavy (non-hydrogen) atoms. The second kappa shape index (κ2) is 6.58. The lowest BCUT2D eigenvalue weighted by molar-refractivity contribution is -0.0579. The van der Waals surface area contributed by atoms with Gasteiger partial charge in [-0.05, 0) is 57.1 Å². The van der Waals surface area contributed by atoms with Crippen molar-refractivity contribution >= 4 is 0 Å². The predicted octanol–water partition coefficient (Wildman–Crippen LogP) is 3.96. The molecule has 0 bridgehead atoms. The van der Waals surface area contributed by atoms with E-state index in [-0.39, 0.29) is 12.1 Å². The first kappa shape index (κ1) is 14.6. The molecule has 0 saturated heterocycles. The highest BCUT2D eigenvalue weighted by Gasteiger charge is 2.28. The van der Waals surface area contributed by atoms with Crippen LogP contribution >= 0.6 is 0 Å². The molecule has 2 N–H and O–H groups in total. The Hall–Kier alpha value is -0.800. The monoisotopic (exact) mass is 265 g/mol. The van der Waals surface area contributed by atoms with Crippen molar-refractivity contribution in [3.8, 4) is 0 Å². The lowest BCUT2D eigenvalue weighted by atomic mass is 9.88. The molecule has 0 spiro atoms. The molecule has 3 nitrogen and oxygen atoms in total. The Balaban J connectivity index is 2.02. The maximum Gasteiger partial charge on any atom is 0.134 e. The van der Waals surface area contributed by atoms with Gasteiger partial charge in [0.2, 0.25) is 0 Å². The summed E-state index contributed by atoms with van der Waals surface area (Å²) in [5.74, 6) is 2.64. The lowest BCUT2D eigenvalue weighted by Crippen LogP contribution is -2.33. The van der Waals surface area contributed by atoms with E-state index in [1.165, 1.54) is 12.8 Å². The van der Waals surface area contributed by atoms with E-state index < -0.39 is 0 Å². The van der Waals surface area contributed by atoms with Crippen LogP contribution in [0.2, 0.25) is 0 Å². The van der Waals surface area contributed by atoms with Gasteiger partial charge in [-0.15, -0.1) is 0 Å². The summed E-state index contributed by atoms with van der Waals surface area (Å²) in [6, 6.07) is 3.99. The average Bonchev–Trinajstić information content (AvgIpc) is 2.83. The molecule has 1 aromatic rings. The molecular weight excluding hydrogens is 238 g/mol. The van der Waals surface area contributed by atoms with Crippen LogP contribution in [0.4, 0.5) is 0 Å². The number of hydrogen-bond acceptors (Lipinski definition) is 3. The second-order valence-corrected chi connectivity index (χ2v) is 5.96. The van der Waals surface area contributed by atoms with Gasteiger partial charge in [-0.3, -0.25) is 0 Å². The summed E-state index contributed by atoms with van der Waals surface area (Å²) in [4.78, 5) is 0. The van der Waals surface area contributed by atoms with Crippen LogP contribution in [-0.2, 0) is 4.74 Å². The number of rotatable bonds is 5. The van der Waals surface area contributed by atoms with E-state index in [0.717, 1.165) is 36.7 Å². The fraction of sp³-hybridized carbons (Fsp3) is 0.750. The van der Waals surface area contributed by atoms with Gasteiger partial charge < -0.3 is 14.9 Å². The van der Waals surface area contributed by atoms with Gasteiger partial charge in [-0.1, -0.05) is 13.8 Å². The van der Waals surface area contributed by atoms with E-state index in [9.17, 15) is 0 Å². The van der Waals surface area contributed by atoms with Gasteiger partial charge in [0.1, 0.15) is 17.6 Å². The molecule has 0 amide bonds. The van der Waals surface area contributed by atoms with Gasteiger partial charge in [0, 0.05) is 6.04 Å². The highest BCUT2D eigenvalue weighted by molar-refractivity contribution is 5.10. The van der Waals surface area contributed by atoms with Gasteiger partial charge in [-0.25, -0.2) is 0 Å². The molecule has 2 atom stereocenters. The van der Waals surface area contributed by atoms with Crippen LogP contribution in [0.3, 0.4) is 0 Å². The second-order valence-electron chi connectivity index (χ2n) is 5.96. The van der Waals surface area contributed by atoms with Gasteiger partial charge in [0.15, 0.2) is 0 Å². The highest BCUT2D eigenvalue weighted by atomic mass is 16.5. The Morgan fingerprint density at radius 3 is 2.53 bits per heavy atom. The quantitative estimate of drug-likeness (QED) is 0.876. The van der Waals surface area contributed by atoms with Crippen molar-refractivity contribution in [3.63, 3.8) is 0 Å². The van der Waals surface area contributed by atoms with Crippen LogP contribution in [0.15, 0.2) is 16.5 Å². The van der Waals surface area contributed by atoms with E-state index in [2.05, 4.69) is 13.8 Å². The van der Waals surface area contributed by atoms with E-state index in [1.54, 1.807) is 0 Å². The normalized spacial score (nSPS) is 27.2. The van der Waals surface area contributed by atoms with E-state index >= 15 is 0 Å². The molecule has 108 valence electrons. The highest BCUT2D eigenvalue weighted by Crippen LogP contribution is 2.32. The Bertz CT molecular complexity index is 380. The summed E-state index contributed by atoms with van der Waals surface area (Å²) < 4.78 is 12.0. The number of aryl methyl sites for hydroxylation is 1. The summed E-state index contributed by atoms with van der Waals surface area (Å²) in [5, 5.41) is 0. The van der Waals surface area contributed by atoms with Crippen LogP contribution in [0.1, 0.15) is 63.6 Å². The zero-order valence-electron chi connectivity index (χ0n) is 12.4. The van der Waals surface area contributed by atoms with Gasteiger partial charge in [-0.2, -0.15) is 0 Å². The summed E-state index contributed by atoms with van der Waals surface area (Å²) in [6.45, 7) is 6.38. The van der Waals surface area contributed by atoms with E-state index in [0.29, 0.717) is 6.10 Å². The number of hydrogen-bond donors (Lipinski definition) is 1. The Kier molecular flexibility index (Phi) is 5.06. The first-order chi connectivity index (χ1) is 9.10. The molecule has 0 aliphatic heterocycles. The zero-order valence-corrected chi connectivity index (χ0v) is 12.4. The number of ether oxygens (including phenoxy) is 1. The minimum absolute atomic E-state index is 0.00454. The van der Waals surface area contributed by atoms with Gasteiger partial charge >= 0.3 is 0 Å². The van der Waals surface area contributed by atoms with Crippen molar-refractivity contribution in [2.75, 3.05) is 0 Å². The molecule has 1 fully saturated rings. The third-order valence-electron chi connectivity index (χ3n) is 4.20. The molecule has 0 aromatic carbocycles. The van der Waals surface area contributed by atoms with Gasteiger partial charge in [0.25, 0.3) is 0 Å². The molecule has 1 aliphatic carbocycles. The molecular formula is C16H27NO2. The fourth-order valence-corrected chi connectivity index (χ4v) is 2.77. The van der Waals surface area contributed by atoms with Crippen molar-refractivity contribution in [3.05, 3.63) is 23.7 Å². The lowest BCUT2D eigenvalue weighted by Gasteiger charge is -2.31. The molecule has 1 aromatic heterocycles. The Morgan fingerprint density at radius 1 is 1.32 bits per heavy atom. The summed E-state index contributed by atoms with van der Waals surface area (Å²) in [5.41, 5.74) is 6.22. The maximum atomic E-state index is 6.27. The van der Waals surface area contributed by atoms with Crippen molar-refractivity contribution in [1.29, 1.82) is 0 Å². The van der Waals surface area contributed by atoms with Crippen molar-refractivity contribution in [2.45, 2.75) is 71.1 Å². The summed E-state index contributed by atoms with van der Waals surface area (Å²) >= 11 is 0. The smallest absolute Gasteiger partial charge is 0.134 e. The Labute approximate surface area is 116 Å². The Morgan fingerprint density at radius 2 is 2.00 bits per heavy atom. The van der Waals surface area contributed by atoms with Crippen molar-refractivity contribution < 1.29 is 9.15 Å². The van der Waals surface area contributed by atoms with Gasteiger partial charge in [0.05, 0.1) is 6.10 Å². The third kappa shape index (κ3) is 3.83. The molecule has 2 unspecified atom stereocenters. The average molecular weight is 265 g/mol. The summed E-state index contributed by atoms with van der Waals surface area (Å²) in [6.07, 6.45) is 5.95. The minimum Gasteiger partial charge on any atom is -0.464 e.